The van der Waals surface area contributed by atoms with Gasteiger partial charge in [-0.3, -0.25) is 9.47 Å². The van der Waals surface area contributed by atoms with Crippen LogP contribution in [-0.2, 0) is 24.4 Å². The zero-order valence-corrected chi connectivity index (χ0v) is 17.0. The van der Waals surface area contributed by atoms with Gasteiger partial charge in [0.2, 0.25) is 0 Å². The van der Waals surface area contributed by atoms with Gasteiger partial charge in [0, 0.05) is 25.9 Å². The molecule has 0 aliphatic carbocycles. The summed E-state index contributed by atoms with van der Waals surface area (Å²) in [5.74, 6) is -1.64. The maximum absolute atomic E-state index is 13.5. The normalized spacial score (nSPS) is 11.5. The van der Waals surface area contributed by atoms with Crippen LogP contribution in [-0.4, -0.2) is 28.6 Å². The van der Waals surface area contributed by atoms with Gasteiger partial charge in [-0.05, 0) is 60.1 Å². The third-order valence-electron chi connectivity index (χ3n) is 5.00. The van der Waals surface area contributed by atoms with Crippen molar-refractivity contribution < 1.29 is 13.5 Å². The lowest BCUT2D eigenvalue weighted by Crippen LogP contribution is -2.17. The van der Waals surface area contributed by atoms with E-state index in [1.807, 2.05) is 37.6 Å². The third kappa shape index (κ3) is 4.40. The second-order valence-corrected chi connectivity index (χ2v) is 7.46. The van der Waals surface area contributed by atoms with Gasteiger partial charge in [0.15, 0.2) is 11.6 Å². The minimum absolute atomic E-state index is 0.526. The van der Waals surface area contributed by atoms with Crippen molar-refractivity contribution >= 4 is 11.0 Å². The number of halogens is 2. The highest BCUT2D eigenvalue weighted by atomic mass is 19.2. The minimum Gasteiger partial charge on any atom is -0.380 e. The van der Waals surface area contributed by atoms with E-state index in [1.165, 1.54) is 12.1 Å². The fourth-order valence-electron chi connectivity index (χ4n) is 3.64. The highest BCUT2D eigenvalue weighted by Crippen LogP contribution is 2.21. The molecule has 0 unspecified atom stereocenters. The molecule has 0 fully saturated rings. The first kappa shape index (κ1) is 20.2. The summed E-state index contributed by atoms with van der Waals surface area (Å²) in [7, 11) is 3.63. The van der Waals surface area contributed by atoms with Crippen molar-refractivity contribution in [1.82, 2.24) is 14.5 Å². The van der Waals surface area contributed by atoms with Crippen LogP contribution in [0, 0.1) is 11.6 Å². The summed E-state index contributed by atoms with van der Waals surface area (Å²) in [5.41, 5.74) is 5.92. The average molecular weight is 407 g/mol. The molecule has 4 nitrogen and oxygen atoms in total. The van der Waals surface area contributed by atoms with Crippen LogP contribution < -0.4 is 0 Å². The van der Waals surface area contributed by atoms with Crippen LogP contribution >= 0.6 is 0 Å². The van der Waals surface area contributed by atoms with Crippen LogP contribution in [0.5, 0.6) is 0 Å². The minimum atomic E-state index is -0.823. The van der Waals surface area contributed by atoms with E-state index >= 15 is 0 Å². The summed E-state index contributed by atoms with van der Waals surface area (Å²) in [4.78, 5) is 6.59. The van der Waals surface area contributed by atoms with E-state index in [9.17, 15) is 8.78 Å². The van der Waals surface area contributed by atoms with Gasteiger partial charge in [0.25, 0.3) is 0 Å². The van der Waals surface area contributed by atoms with Crippen LogP contribution in [0.2, 0.25) is 0 Å². The van der Waals surface area contributed by atoms with Crippen molar-refractivity contribution in [3.8, 4) is 5.69 Å². The molecule has 0 N–H and O–H groups in total. The SMILES string of the molecule is COCc1ccc2c(c1)ncn2-c1cccc(CN(C)Cc2ccc(F)c(F)c2)c1. The first-order chi connectivity index (χ1) is 14.5. The topological polar surface area (TPSA) is 30.3 Å². The molecule has 0 saturated carbocycles. The molecule has 3 aromatic carbocycles. The number of benzene rings is 3. The van der Waals surface area contributed by atoms with Crippen LogP contribution in [0.4, 0.5) is 8.78 Å². The van der Waals surface area contributed by atoms with Gasteiger partial charge in [0.05, 0.1) is 17.6 Å². The first-order valence-electron chi connectivity index (χ1n) is 9.70. The second-order valence-electron chi connectivity index (χ2n) is 7.46. The number of imidazole rings is 1. The number of methoxy groups -OCH3 is 1. The standard InChI is InChI=1S/C24H23F2N3O/c1-28(14-18-6-8-21(25)22(26)11-18)13-17-4-3-5-20(10-17)29-16-27-23-12-19(15-30-2)7-9-24(23)29/h3-12,16H,13-15H2,1-2H3. The lowest BCUT2D eigenvalue weighted by Gasteiger charge is -2.17. The molecule has 0 radical (unpaired) electrons. The number of fused-ring (bicyclic) bond motifs is 1. The molecule has 4 rings (SSSR count). The molecule has 0 saturated heterocycles. The third-order valence-corrected chi connectivity index (χ3v) is 5.00. The highest BCUT2D eigenvalue weighted by molar-refractivity contribution is 5.78. The lowest BCUT2D eigenvalue weighted by atomic mass is 10.1. The van der Waals surface area contributed by atoms with Crippen LogP contribution in [0.25, 0.3) is 16.7 Å². The van der Waals surface area contributed by atoms with Crippen molar-refractivity contribution in [2.24, 2.45) is 0 Å². The molecular formula is C24H23F2N3O. The molecule has 1 heterocycles. The van der Waals surface area contributed by atoms with Gasteiger partial charge in [-0.1, -0.05) is 24.3 Å². The van der Waals surface area contributed by atoms with Crippen molar-refractivity contribution in [1.29, 1.82) is 0 Å². The Bertz CT molecular complexity index is 1170. The quantitative estimate of drug-likeness (QED) is 0.428. The molecule has 6 heteroatoms. The number of aromatic nitrogens is 2. The summed E-state index contributed by atoms with van der Waals surface area (Å²) in [5, 5.41) is 0. The fourth-order valence-corrected chi connectivity index (χ4v) is 3.64. The summed E-state index contributed by atoms with van der Waals surface area (Å²) in [6.07, 6.45) is 1.82. The van der Waals surface area contributed by atoms with Gasteiger partial charge in [-0.15, -0.1) is 0 Å². The van der Waals surface area contributed by atoms with Gasteiger partial charge in [-0.2, -0.15) is 0 Å². The monoisotopic (exact) mass is 407 g/mol. The molecule has 0 aliphatic heterocycles. The predicted octanol–water partition coefficient (Wildman–Crippen LogP) is 5.08. The van der Waals surface area contributed by atoms with Crippen molar-refractivity contribution in [3.05, 3.63) is 95.3 Å². The van der Waals surface area contributed by atoms with E-state index in [0.29, 0.717) is 19.7 Å². The van der Waals surface area contributed by atoms with Crippen LogP contribution in [0.15, 0.2) is 67.0 Å². The van der Waals surface area contributed by atoms with E-state index in [2.05, 4.69) is 32.7 Å². The summed E-state index contributed by atoms with van der Waals surface area (Å²) >= 11 is 0. The first-order valence-corrected chi connectivity index (χ1v) is 9.70. The Kier molecular flexibility index (Phi) is 5.88. The second kappa shape index (κ2) is 8.73. The Morgan fingerprint density at radius 3 is 2.43 bits per heavy atom. The van der Waals surface area contributed by atoms with E-state index in [-0.39, 0.29) is 0 Å². The van der Waals surface area contributed by atoms with Gasteiger partial charge in [-0.25, -0.2) is 13.8 Å². The number of hydrogen-bond acceptors (Lipinski definition) is 3. The average Bonchev–Trinajstić information content (AvgIpc) is 3.14. The number of nitrogens with zero attached hydrogens (tertiary/aromatic N) is 3. The smallest absolute Gasteiger partial charge is 0.159 e. The Morgan fingerprint density at radius 1 is 0.900 bits per heavy atom. The fraction of sp³-hybridized carbons (Fsp3) is 0.208. The maximum Gasteiger partial charge on any atom is 0.159 e. The number of rotatable bonds is 7. The summed E-state index contributed by atoms with van der Waals surface area (Å²) in [6, 6.07) is 18.4. The summed E-state index contributed by atoms with van der Waals surface area (Å²) < 4.78 is 33.8. The largest absolute Gasteiger partial charge is 0.380 e. The molecule has 154 valence electrons. The number of hydrogen-bond donors (Lipinski definition) is 0. The van der Waals surface area contributed by atoms with Crippen LogP contribution in [0.1, 0.15) is 16.7 Å². The molecule has 0 amide bonds. The van der Waals surface area contributed by atoms with E-state index in [0.717, 1.165) is 33.4 Å². The summed E-state index contributed by atoms with van der Waals surface area (Å²) in [6.45, 7) is 1.76. The Balaban J connectivity index is 1.52. The van der Waals surface area contributed by atoms with Crippen molar-refractivity contribution in [3.63, 3.8) is 0 Å². The van der Waals surface area contributed by atoms with Gasteiger partial charge < -0.3 is 4.74 Å². The Hall–Kier alpha value is -3.09. The molecule has 4 aromatic rings. The molecule has 0 bridgehead atoms. The molecule has 0 aliphatic rings. The van der Waals surface area contributed by atoms with E-state index in [1.54, 1.807) is 13.2 Å². The Labute approximate surface area is 174 Å². The molecule has 1 aromatic heterocycles. The van der Waals surface area contributed by atoms with Crippen molar-refractivity contribution in [2.75, 3.05) is 14.2 Å². The zero-order chi connectivity index (χ0) is 21.1. The van der Waals surface area contributed by atoms with E-state index < -0.39 is 11.6 Å². The Morgan fingerprint density at radius 2 is 1.67 bits per heavy atom. The number of ether oxygens (including phenoxy) is 1. The van der Waals surface area contributed by atoms with Gasteiger partial charge in [0.1, 0.15) is 6.33 Å². The lowest BCUT2D eigenvalue weighted by molar-refractivity contribution is 0.185. The molecule has 30 heavy (non-hydrogen) atoms. The predicted molar refractivity (Wildman–Crippen MR) is 113 cm³/mol. The molecule has 0 spiro atoms. The highest BCUT2D eigenvalue weighted by Gasteiger charge is 2.09. The van der Waals surface area contributed by atoms with Crippen LogP contribution in [0.3, 0.4) is 0 Å². The maximum atomic E-state index is 13.5. The molecular weight excluding hydrogens is 384 g/mol. The van der Waals surface area contributed by atoms with E-state index in [4.69, 9.17) is 4.74 Å². The van der Waals surface area contributed by atoms with Crippen molar-refractivity contribution in [2.45, 2.75) is 19.7 Å². The molecule has 0 atom stereocenters. The van der Waals surface area contributed by atoms with Gasteiger partial charge >= 0.3 is 0 Å². The zero-order valence-electron chi connectivity index (χ0n) is 17.0.